The second-order valence-electron chi connectivity index (χ2n) is 3.22. The maximum absolute atomic E-state index is 6.04. The molecule has 1 unspecified atom stereocenters. The number of hydrogen-bond donors (Lipinski definition) is 1. The lowest BCUT2D eigenvalue weighted by Gasteiger charge is -2.11. The Bertz CT molecular complexity index is 278. The number of rotatable bonds is 5. The number of benzene rings is 1. The van der Waals surface area contributed by atoms with Gasteiger partial charge in [-0.15, -0.1) is 0 Å². The van der Waals surface area contributed by atoms with E-state index in [9.17, 15) is 0 Å². The molecular formula is C11H16ClNS. The third kappa shape index (κ3) is 3.91. The summed E-state index contributed by atoms with van der Waals surface area (Å²) in [4.78, 5) is 0. The summed E-state index contributed by atoms with van der Waals surface area (Å²) >= 11 is 7.91. The molecule has 2 N–H and O–H groups in total. The molecule has 1 aromatic rings. The summed E-state index contributed by atoms with van der Waals surface area (Å²) in [6.07, 6.45) is 0.868. The van der Waals surface area contributed by atoms with Crippen molar-refractivity contribution >= 4 is 23.4 Å². The molecule has 0 aliphatic rings. The van der Waals surface area contributed by atoms with E-state index in [0.29, 0.717) is 0 Å². The van der Waals surface area contributed by atoms with Crippen molar-refractivity contribution in [3.63, 3.8) is 0 Å². The van der Waals surface area contributed by atoms with Gasteiger partial charge in [-0.3, -0.25) is 0 Å². The zero-order valence-corrected chi connectivity index (χ0v) is 9.94. The van der Waals surface area contributed by atoms with Crippen molar-refractivity contribution in [2.75, 3.05) is 11.5 Å². The number of halogens is 1. The van der Waals surface area contributed by atoms with Crippen molar-refractivity contribution in [2.45, 2.75) is 19.4 Å². The van der Waals surface area contributed by atoms with Crippen LogP contribution in [0.3, 0.4) is 0 Å². The van der Waals surface area contributed by atoms with Crippen LogP contribution in [-0.2, 0) is 6.42 Å². The zero-order chi connectivity index (χ0) is 10.4. The Kier molecular flexibility index (Phi) is 5.38. The molecule has 0 radical (unpaired) electrons. The van der Waals surface area contributed by atoms with Gasteiger partial charge >= 0.3 is 0 Å². The van der Waals surface area contributed by atoms with E-state index in [-0.39, 0.29) is 6.04 Å². The van der Waals surface area contributed by atoms with Crippen LogP contribution >= 0.6 is 23.4 Å². The molecular weight excluding hydrogens is 214 g/mol. The first-order chi connectivity index (χ1) is 6.74. The predicted molar refractivity (Wildman–Crippen MR) is 66.1 cm³/mol. The quantitative estimate of drug-likeness (QED) is 0.840. The summed E-state index contributed by atoms with van der Waals surface area (Å²) in [6.45, 7) is 2.15. The first kappa shape index (κ1) is 11.9. The van der Waals surface area contributed by atoms with E-state index in [4.69, 9.17) is 17.3 Å². The van der Waals surface area contributed by atoms with Crippen LogP contribution in [0.2, 0.25) is 5.02 Å². The minimum Gasteiger partial charge on any atom is -0.327 e. The highest BCUT2D eigenvalue weighted by molar-refractivity contribution is 7.99. The Morgan fingerprint density at radius 3 is 2.79 bits per heavy atom. The summed E-state index contributed by atoms with van der Waals surface area (Å²) in [6, 6.07) is 8.11. The van der Waals surface area contributed by atoms with E-state index < -0.39 is 0 Å². The number of thioether (sulfide) groups is 1. The third-order valence-corrected chi connectivity index (χ3v) is 3.42. The highest BCUT2D eigenvalue weighted by Gasteiger charge is 2.06. The molecule has 14 heavy (non-hydrogen) atoms. The van der Waals surface area contributed by atoms with Crippen molar-refractivity contribution in [2.24, 2.45) is 5.73 Å². The highest BCUT2D eigenvalue weighted by atomic mass is 35.5. The van der Waals surface area contributed by atoms with E-state index in [2.05, 4.69) is 6.92 Å². The molecule has 0 spiro atoms. The molecule has 0 heterocycles. The minimum atomic E-state index is 0.208. The molecule has 0 saturated carbocycles. The fourth-order valence-corrected chi connectivity index (χ4v) is 2.14. The van der Waals surface area contributed by atoms with Crippen LogP contribution in [0.1, 0.15) is 12.5 Å². The highest BCUT2D eigenvalue weighted by Crippen LogP contribution is 2.17. The van der Waals surface area contributed by atoms with Gasteiger partial charge in [-0.1, -0.05) is 36.7 Å². The van der Waals surface area contributed by atoms with Crippen molar-refractivity contribution in [3.8, 4) is 0 Å². The van der Waals surface area contributed by atoms with Crippen LogP contribution < -0.4 is 5.73 Å². The molecule has 1 nitrogen and oxygen atoms in total. The third-order valence-electron chi connectivity index (χ3n) is 1.98. The van der Waals surface area contributed by atoms with Gasteiger partial charge in [0.25, 0.3) is 0 Å². The first-order valence-electron chi connectivity index (χ1n) is 4.80. The van der Waals surface area contributed by atoms with Gasteiger partial charge in [0.15, 0.2) is 0 Å². The van der Waals surface area contributed by atoms with Crippen molar-refractivity contribution in [1.82, 2.24) is 0 Å². The Morgan fingerprint density at radius 2 is 2.14 bits per heavy atom. The summed E-state index contributed by atoms with van der Waals surface area (Å²) in [7, 11) is 0. The summed E-state index contributed by atoms with van der Waals surface area (Å²) in [5, 5.41) is 0.824. The molecule has 0 bridgehead atoms. The van der Waals surface area contributed by atoms with Gasteiger partial charge in [-0.2, -0.15) is 11.8 Å². The van der Waals surface area contributed by atoms with Crippen molar-refractivity contribution < 1.29 is 0 Å². The zero-order valence-electron chi connectivity index (χ0n) is 8.37. The minimum absolute atomic E-state index is 0.208. The molecule has 1 atom stereocenters. The molecule has 1 rings (SSSR count). The molecule has 0 aliphatic heterocycles. The van der Waals surface area contributed by atoms with E-state index in [1.807, 2.05) is 36.0 Å². The van der Waals surface area contributed by atoms with Gasteiger partial charge in [-0.25, -0.2) is 0 Å². The van der Waals surface area contributed by atoms with E-state index in [0.717, 1.165) is 28.5 Å². The van der Waals surface area contributed by atoms with Gasteiger partial charge in [-0.05, 0) is 23.8 Å². The maximum atomic E-state index is 6.04. The predicted octanol–water partition coefficient (Wildman–Crippen LogP) is 2.96. The molecule has 3 heteroatoms. The standard InChI is InChI=1S/C11H16ClNS/c1-2-14-8-10(13)7-9-5-3-4-6-11(9)12/h3-6,10H,2,7-8,13H2,1H3. The van der Waals surface area contributed by atoms with Crippen LogP contribution in [0.5, 0.6) is 0 Å². The molecule has 0 amide bonds. The van der Waals surface area contributed by atoms with E-state index in [1.165, 1.54) is 0 Å². The average molecular weight is 230 g/mol. The van der Waals surface area contributed by atoms with Gasteiger partial charge in [0, 0.05) is 16.8 Å². The van der Waals surface area contributed by atoms with Crippen molar-refractivity contribution in [3.05, 3.63) is 34.9 Å². The first-order valence-corrected chi connectivity index (χ1v) is 6.34. The van der Waals surface area contributed by atoms with Crippen LogP contribution in [0, 0.1) is 0 Å². The number of hydrogen-bond acceptors (Lipinski definition) is 2. The molecule has 0 aliphatic carbocycles. The van der Waals surface area contributed by atoms with Crippen LogP contribution in [0.15, 0.2) is 24.3 Å². The summed E-state index contributed by atoms with van der Waals surface area (Å²) in [5.41, 5.74) is 7.13. The summed E-state index contributed by atoms with van der Waals surface area (Å²) < 4.78 is 0. The van der Waals surface area contributed by atoms with Crippen LogP contribution in [0.4, 0.5) is 0 Å². The lowest BCUT2D eigenvalue weighted by Crippen LogP contribution is -2.25. The smallest absolute Gasteiger partial charge is 0.0438 e. The van der Waals surface area contributed by atoms with E-state index in [1.54, 1.807) is 0 Å². The fourth-order valence-electron chi connectivity index (χ4n) is 1.27. The largest absolute Gasteiger partial charge is 0.327 e. The van der Waals surface area contributed by atoms with Crippen LogP contribution in [0.25, 0.3) is 0 Å². The van der Waals surface area contributed by atoms with Gasteiger partial charge in [0.1, 0.15) is 0 Å². The fraction of sp³-hybridized carbons (Fsp3) is 0.455. The van der Waals surface area contributed by atoms with Crippen LogP contribution in [-0.4, -0.2) is 17.5 Å². The van der Waals surface area contributed by atoms with Crippen molar-refractivity contribution in [1.29, 1.82) is 0 Å². The SMILES string of the molecule is CCSCC(N)Cc1ccccc1Cl. The topological polar surface area (TPSA) is 26.0 Å². The second-order valence-corrected chi connectivity index (χ2v) is 4.94. The van der Waals surface area contributed by atoms with Gasteiger partial charge < -0.3 is 5.73 Å². The molecule has 0 fully saturated rings. The Balaban J connectivity index is 2.47. The average Bonchev–Trinajstić information content (AvgIpc) is 2.18. The Morgan fingerprint density at radius 1 is 1.43 bits per heavy atom. The summed E-state index contributed by atoms with van der Waals surface area (Å²) in [5.74, 6) is 2.12. The Hall–Kier alpha value is -0.180. The second kappa shape index (κ2) is 6.33. The van der Waals surface area contributed by atoms with E-state index >= 15 is 0 Å². The molecule has 0 saturated heterocycles. The molecule has 0 aromatic heterocycles. The molecule has 78 valence electrons. The maximum Gasteiger partial charge on any atom is 0.0438 e. The Labute approximate surface area is 95.0 Å². The monoisotopic (exact) mass is 229 g/mol. The lowest BCUT2D eigenvalue weighted by atomic mass is 10.1. The van der Waals surface area contributed by atoms with Gasteiger partial charge in [0.05, 0.1) is 0 Å². The number of nitrogens with two attached hydrogens (primary N) is 1. The van der Waals surface area contributed by atoms with Gasteiger partial charge in [0.2, 0.25) is 0 Å². The lowest BCUT2D eigenvalue weighted by molar-refractivity contribution is 0.749. The normalized spacial score (nSPS) is 12.8. The molecule has 1 aromatic carbocycles.